The van der Waals surface area contributed by atoms with Crippen molar-refractivity contribution < 1.29 is 35.9 Å². The lowest BCUT2D eigenvalue weighted by molar-refractivity contribution is -0.140. The predicted octanol–water partition coefficient (Wildman–Crippen LogP) is 6.17. The summed E-state index contributed by atoms with van der Waals surface area (Å²) >= 11 is 0. The molecule has 0 aromatic heterocycles. The monoisotopic (exact) mass is 480 g/mol. The summed E-state index contributed by atoms with van der Waals surface area (Å²) in [5.74, 6) is -3.24. The van der Waals surface area contributed by atoms with Crippen LogP contribution in [0.25, 0.3) is 11.1 Å². The van der Waals surface area contributed by atoms with E-state index >= 15 is 0 Å². The van der Waals surface area contributed by atoms with Crippen LogP contribution in [0.3, 0.4) is 0 Å². The molecule has 0 saturated carbocycles. The fourth-order valence-electron chi connectivity index (χ4n) is 3.54. The zero-order valence-electron chi connectivity index (χ0n) is 17.6. The molecule has 1 atom stereocenters. The van der Waals surface area contributed by atoms with Gasteiger partial charge >= 0.3 is 12.1 Å². The molecule has 1 unspecified atom stereocenters. The summed E-state index contributed by atoms with van der Waals surface area (Å²) in [6.07, 6.45) is -4.54. The maximum Gasteiger partial charge on any atom is 0.416 e. The molecule has 0 aliphatic heterocycles. The first-order valence-corrected chi connectivity index (χ1v) is 11.3. The third-order valence-corrected chi connectivity index (χ3v) is 6.95. The Hall–Kier alpha value is -3.20. The number of carboxylic acids is 1. The number of carboxylic acid groups (broad SMARTS) is 1. The first-order valence-electron chi connectivity index (χ1n) is 9.87. The summed E-state index contributed by atoms with van der Waals surface area (Å²) in [6.45, 7) is 3.33. The van der Waals surface area contributed by atoms with E-state index in [-0.39, 0.29) is 26.5 Å². The molecule has 0 bridgehead atoms. The van der Waals surface area contributed by atoms with Gasteiger partial charge in [-0.1, -0.05) is 32.0 Å². The van der Waals surface area contributed by atoms with Gasteiger partial charge in [0.1, 0.15) is 5.82 Å². The molecule has 0 saturated heterocycles. The standard InChI is InChI=1S/C24H20F4O4S/c1-14(2)22(23(29)30)17-11-16(15-3-5-18(6-4-15)24(26,27)28)12-21(13-17)33(31,32)20-9-7-19(25)8-10-20/h3-14,22H,1-2H3,(H,29,30). The number of carbonyl (C=O) groups is 1. The van der Waals surface area contributed by atoms with Gasteiger partial charge in [0.05, 0.1) is 21.3 Å². The van der Waals surface area contributed by atoms with Gasteiger partial charge in [0.25, 0.3) is 0 Å². The Labute approximate surface area is 188 Å². The Kier molecular flexibility index (Phi) is 6.65. The first kappa shape index (κ1) is 24.4. The molecule has 0 spiro atoms. The lowest BCUT2D eigenvalue weighted by Gasteiger charge is -2.19. The molecule has 33 heavy (non-hydrogen) atoms. The van der Waals surface area contributed by atoms with Crippen LogP contribution in [0.5, 0.6) is 0 Å². The normalized spacial score (nSPS) is 13.2. The Morgan fingerprint density at radius 1 is 0.848 bits per heavy atom. The van der Waals surface area contributed by atoms with Gasteiger partial charge in [-0.25, -0.2) is 12.8 Å². The highest BCUT2D eigenvalue weighted by Crippen LogP contribution is 2.35. The number of benzene rings is 3. The van der Waals surface area contributed by atoms with Crippen LogP contribution in [0.15, 0.2) is 76.5 Å². The van der Waals surface area contributed by atoms with Gasteiger partial charge in [-0.15, -0.1) is 0 Å². The van der Waals surface area contributed by atoms with Crippen LogP contribution in [0.4, 0.5) is 17.6 Å². The van der Waals surface area contributed by atoms with Gasteiger partial charge in [0, 0.05) is 0 Å². The summed E-state index contributed by atoms with van der Waals surface area (Å²) in [5, 5.41) is 9.71. The van der Waals surface area contributed by atoms with Crippen LogP contribution < -0.4 is 0 Å². The van der Waals surface area contributed by atoms with Crippen LogP contribution >= 0.6 is 0 Å². The fourth-order valence-corrected chi connectivity index (χ4v) is 4.88. The van der Waals surface area contributed by atoms with Crippen LogP contribution in [0, 0.1) is 11.7 Å². The van der Waals surface area contributed by atoms with Gasteiger partial charge in [0.2, 0.25) is 9.84 Å². The first-order chi connectivity index (χ1) is 15.3. The van der Waals surface area contributed by atoms with E-state index in [1.54, 1.807) is 13.8 Å². The van der Waals surface area contributed by atoms with E-state index in [1.165, 1.54) is 30.3 Å². The van der Waals surface area contributed by atoms with E-state index in [0.717, 1.165) is 36.4 Å². The molecular weight excluding hydrogens is 460 g/mol. The molecular formula is C24H20F4O4S. The van der Waals surface area contributed by atoms with Crippen molar-refractivity contribution in [2.75, 3.05) is 0 Å². The molecule has 1 N–H and O–H groups in total. The van der Waals surface area contributed by atoms with Gasteiger partial charge in [-0.2, -0.15) is 13.2 Å². The third-order valence-electron chi connectivity index (χ3n) is 5.20. The molecule has 0 heterocycles. The number of sulfone groups is 1. The van der Waals surface area contributed by atoms with Crippen molar-refractivity contribution >= 4 is 15.8 Å². The van der Waals surface area contributed by atoms with E-state index in [2.05, 4.69) is 0 Å². The summed E-state index contributed by atoms with van der Waals surface area (Å²) in [6, 6.07) is 12.3. The molecule has 3 aromatic rings. The Bertz CT molecular complexity index is 1260. The lowest BCUT2D eigenvalue weighted by atomic mass is 9.87. The number of hydrogen-bond donors (Lipinski definition) is 1. The van der Waals surface area contributed by atoms with Crippen LogP contribution in [0.1, 0.15) is 30.9 Å². The van der Waals surface area contributed by atoms with E-state index in [1.807, 2.05) is 0 Å². The average molecular weight is 480 g/mol. The molecule has 0 aliphatic rings. The molecule has 0 radical (unpaired) electrons. The van der Waals surface area contributed by atoms with Gasteiger partial charge in [-0.05, 0) is 71.1 Å². The molecule has 0 aliphatic carbocycles. The predicted molar refractivity (Wildman–Crippen MR) is 114 cm³/mol. The average Bonchev–Trinajstić information content (AvgIpc) is 2.73. The molecule has 3 aromatic carbocycles. The maximum atomic E-state index is 13.3. The SMILES string of the molecule is CC(C)C(C(=O)O)c1cc(-c2ccc(C(F)(F)F)cc2)cc(S(=O)(=O)c2ccc(F)cc2)c1. The molecule has 174 valence electrons. The topological polar surface area (TPSA) is 71.4 Å². The quantitative estimate of drug-likeness (QED) is 0.338. The van der Waals surface area contributed by atoms with Crippen LogP contribution in [0.2, 0.25) is 0 Å². The number of rotatable bonds is 6. The van der Waals surface area contributed by atoms with Gasteiger partial charge in [0.15, 0.2) is 0 Å². The van der Waals surface area contributed by atoms with E-state index in [0.29, 0.717) is 0 Å². The smallest absolute Gasteiger partial charge is 0.416 e. The zero-order valence-corrected chi connectivity index (χ0v) is 18.4. The van der Waals surface area contributed by atoms with Crippen molar-refractivity contribution in [3.8, 4) is 11.1 Å². The Morgan fingerprint density at radius 2 is 1.42 bits per heavy atom. The summed E-state index contributed by atoms with van der Waals surface area (Å²) in [4.78, 5) is 11.5. The highest BCUT2D eigenvalue weighted by atomic mass is 32.2. The van der Waals surface area contributed by atoms with Gasteiger partial charge < -0.3 is 5.11 Å². The second-order valence-corrected chi connectivity index (χ2v) is 9.83. The van der Waals surface area contributed by atoms with Crippen LogP contribution in [-0.2, 0) is 20.8 Å². The highest BCUT2D eigenvalue weighted by Gasteiger charge is 2.30. The summed E-state index contributed by atoms with van der Waals surface area (Å²) < 4.78 is 78.5. The minimum Gasteiger partial charge on any atom is -0.481 e. The summed E-state index contributed by atoms with van der Waals surface area (Å²) in [7, 11) is -4.16. The molecule has 9 heteroatoms. The number of hydrogen-bond acceptors (Lipinski definition) is 3. The Morgan fingerprint density at radius 3 is 1.91 bits per heavy atom. The van der Waals surface area contributed by atoms with Crippen LogP contribution in [-0.4, -0.2) is 19.5 Å². The molecule has 3 rings (SSSR count). The lowest BCUT2D eigenvalue weighted by Crippen LogP contribution is -2.18. The van der Waals surface area contributed by atoms with Crippen molar-refractivity contribution in [1.82, 2.24) is 0 Å². The minimum absolute atomic E-state index is 0.190. The maximum absolute atomic E-state index is 13.3. The molecule has 0 fully saturated rings. The van der Waals surface area contributed by atoms with E-state index in [9.17, 15) is 35.9 Å². The largest absolute Gasteiger partial charge is 0.481 e. The zero-order chi connectivity index (χ0) is 24.6. The van der Waals surface area contributed by atoms with Crippen molar-refractivity contribution in [3.63, 3.8) is 0 Å². The minimum atomic E-state index is -4.54. The van der Waals surface area contributed by atoms with Crippen molar-refractivity contribution in [1.29, 1.82) is 0 Å². The Balaban J connectivity index is 2.23. The number of halogens is 4. The van der Waals surface area contributed by atoms with Gasteiger partial charge in [-0.3, -0.25) is 4.79 Å². The second-order valence-electron chi connectivity index (χ2n) is 7.88. The molecule has 0 amide bonds. The number of alkyl halides is 3. The van der Waals surface area contributed by atoms with Crippen molar-refractivity contribution in [2.45, 2.75) is 35.7 Å². The number of aliphatic carboxylic acids is 1. The fraction of sp³-hybridized carbons (Fsp3) is 0.208. The van der Waals surface area contributed by atoms with E-state index < -0.39 is 45.2 Å². The van der Waals surface area contributed by atoms with Crippen molar-refractivity contribution in [2.24, 2.45) is 5.92 Å². The molecule has 4 nitrogen and oxygen atoms in total. The van der Waals surface area contributed by atoms with Crippen molar-refractivity contribution in [3.05, 3.63) is 83.7 Å². The van der Waals surface area contributed by atoms with E-state index in [4.69, 9.17) is 0 Å². The third kappa shape index (κ3) is 5.24. The summed E-state index contributed by atoms with van der Waals surface area (Å²) in [5.41, 5.74) is -0.148. The second kappa shape index (κ2) is 8.97. The highest BCUT2D eigenvalue weighted by molar-refractivity contribution is 7.91.